The second-order valence-corrected chi connectivity index (χ2v) is 3.21. The summed E-state index contributed by atoms with van der Waals surface area (Å²) < 4.78 is 4.23. The third kappa shape index (κ3) is 3.78. The van der Waals surface area contributed by atoms with E-state index in [1.807, 2.05) is 0 Å². The van der Waals surface area contributed by atoms with Crippen molar-refractivity contribution in [2.45, 2.75) is 18.1 Å². The van der Waals surface area contributed by atoms with Gasteiger partial charge < -0.3 is 4.74 Å². The van der Waals surface area contributed by atoms with Gasteiger partial charge in [-0.05, 0) is 22.9 Å². The number of ether oxygens (including phenoxy) is 1. The van der Waals surface area contributed by atoms with Crippen LogP contribution in [-0.2, 0) is 9.53 Å². The van der Waals surface area contributed by atoms with Gasteiger partial charge in [0, 0.05) is 0 Å². The van der Waals surface area contributed by atoms with E-state index in [2.05, 4.69) is 20.7 Å². The molecule has 0 aromatic heterocycles. The molecule has 0 aliphatic heterocycles. The molecule has 0 aliphatic rings. The normalized spacial score (nSPS) is 12.2. The van der Waals surface area contributed by atoms with Gasteiger partial charge in [0.2, 0.25) is 0 Å². The van der Waals surface area contributed by atoms with E-state index in [9.17, 15) is 25.0 Å². The summed E-state index contributed by atoms with van der Waals surface area (Å²) in [6, 6.07) is 0. The molecule has 9 heteroatoms. The predicted molar refractivity (Wildman–Crippen MR) is 42.3 cm³/mol. The molecular formula is C4H5BrN2O6. The van der Waals surface area contributed by atoms with E-state index in [1.165, 1.54) is 6.92 Å². The number of nitro groups is 2. The van der Waals surface area contributed by atoms with Gasteiger partial charge in [-0.15, -0.1) is 0 Å². The van der Waals surface area contributed by atoms with Crippen molar-refractivity contribution >= 4 is 21.9 Å². The fourth-order valence-electron chi connectivity index (χ4n) is 0.470. The lowest BCUT2D eigenvalue weighted by Crippen LogP contribution is -2.39. The van der Waals surface area contributed by atoms with Crippen LogP contribution >= 0.6 is 15.9 Å². The van der Waals surface area contributed by atoms with E-state index >= 15 is 0 Å². The summed E-state index contributed by atoms with van der Waals surface area (Å²) in [5, 5.41) is 19.2. The smallest absolute Gasteiger partial charge is 0.440 e. The quantitative estimate of drug-likeness (QED) is 0.233. The summed E-state index contributed by atoms with van der Waals surface area (Å²) in [5.41, 5.74) is 0. The molecule has 0 heterocycles. The summed E-state index contributed by atoms with van der Waals surface area (Å²) in [4.78, 5) is 28.1. The molecule has 1 atom stereocenters. The molecule has 0 spiro atoms. The van der Waals surface area contributed by atoms with Gasteiger partial charge >= 0.3 is 12.1 Å². The molecular weight excluding hydrogens is 252 g/mol. The Bertz CT molecular complexity index is 227. The van der Waals surface area contributed by atoms with Crippen LogP contribution in [0.2, 0.25) is 0 Å². The third-order valence-electron chi connectivity index (χ3n) is 0.889. The monoisotopic (exact) mass is 256 g/mol. The Hall–Kier alpha value is -1.25. The molecule has 0 amide bonds. The molecule has 1 unspecified atom stereocenters. The Morgan fingerprint density at radius 1 is 1.38 bits per heavy atom. The highest BCUT2D eigenvalue weighted by atomic mass is 79.9. The van der Waals surface area contributed by atoms with Crippen LogP contribution in [0.4, 0.5) is 0 Å². The first-order valence-electron chi connectivity index (χ1n) is 2.97. The molecule has 74 valence electrons. The second-order valence-electron chi connectivity index (χ2n) is 1.92. The average Bonchev–Trinajstić information content (AvgIpc) is 1.81. The topological polar surface area (TPSA) is 113 Å². The van der Waals surface area contributed by atoms with Gasteiger partial charge in [0.25, 0.3) is 0 Å². The Kier molecular flexibility index (Phi) is 4.25. The van der Waals surface area contributed by atoms with Crippen molar-refractivity contribution in [3.8, 4) is 0 Å². The van der Waals surface area contributed by atoms with Gasteiger partial charge in [0.15, 0.2) is 5.01 Å². The minimum atomic E-state index is -2.56. The van der Waals surface area contributed by atoms with Crippen LogP contribution in [0.25, 0.3) is 0 Å². The first-order chi connectivity index (χ1) is 5.86. The number of halogens is 1. The van der Waals surface area contributed by atoms with Crippen LogP contribution in [0.15, 0.2) is 0 Å². The van der Waals surface area contributed by atoms with Crippen LogP contribution in [0.5, 0.6) is 0 Å². The average molecular weight is 257 g/mol. The molecule has 13 heavy (non-hydrogen) atoms. The molecule has 0 rings (SSSR count). The first-order valence-corrected chi connectivity index (χ1v) is 3.89. The van der Waals surface area contributed by atoms with E-state index < -0.39 is 27.0 Å². The minimum absolute atomic E-state index is 0.803. The third-order valence-corrected chi connectivity index (χ3v) is 1.08. The zero-order valence-corrected chi connectivity index (χ0v) is 7.96. The molecule has 0 saturated carbocycles. The maximum Gasteiger partial charge on any atom is 0.545 e. The van der Waals surface area contributed by atoms with Crippen molar-refractivity contribution in [3.05, 3.63) is 20.2 Å². The van der Waals surface area contributed by atoms with Crippen molar-refractivity contribution in [1.29, 1.82) is 0 Å². The van der Waals surface area contributed by atoms with Crippen LogP contribution in [0.3, 0.4) is 0 Å². The maximum absolute atomic E-state index is 10.7. The Morgan fingerprint density at radius 2 is 1.77 bits per heavy atom. The highest BCUT2D eigenvalue weighted by Crippen LogP contribution is 2.04. The van der Waals surface area contributed by atoms with E-state index in [1.54, 1.807) is 0 Å². The van der Waals surface area contributed by atoms with Crippen molar-refractivity contribution < 1.29 is 19.4 Å². The standard InChI is InChI=1S/C4H5BrN2O6/c1-2(5)13-4(8)3(6(9)10)7(11)12/h2-3H,1H3. The van der Waals surface area contributed by atoms with Gasteiger partial charge in [0.1, 0.15) is 9.85 Å². The van der Waals surface area contributed by atoms with Crippen LogP contribution in [0, 0.1) is 20.2 Å². The van der Waals surface area contributed by atoms with Crippen LogP contribution in [-0.4, -0.2) is 27.0 Å². The lowest BCUT2D eigenvalue weighted by Gasteiger charge is -2.04. The van der Waals surface area contributed by atoms with Gasteiger partial charge in [-0.2, -0.15) is 0 Å². The van der Waals surface area contributed by atoms with Crippen molar-refractivity contribution in [2.24, 2.45) is 0 Å². The highest BCUT2D eigenvalue weighted by molar-refractivity contribution is 9.09. The summed E-state index contributed by atoms with van der Waals surface area (Å²) in [7, 11) is 0. The predicted octanol–water partition coefficient (Wildman–Crippen LogP) is 0.150. The van der Waals surface area contributed by atoms with Gasteiger partial charge in [-0.25, -0.2) is 4.79 Å². The number of carbonyl (C=O) groups is 1. The van der Waals surface area contributed by atoms with E-state index in [-0.39, 0.29) is 0 Å². The fraction of sp³-hybridized carbons (Fsp3) is 0.750. The summed E-state index contributed by atoms with van der Waals surface area (Å²) in [6.45, 7) is 1.36. The van der Waals surface area contributed by atoms with E-state index in [0.29, 0.717) is 0 Å². The molecule has 0 saturated heterocycles. The number of esters is 1. The zero-order chi connectivity index (χ0) is 10.6. The number of nitrogens with zero attached hydrogens (tertiary/aromatic N) is 2. The summed E-state index contributed by atoms with van der Waals surface area (Å²) in [6.07, 6.45) is -2.56. The number of hydrogen-bond donors (Lipinski definition) is 0. The van der Waals surface area contributed by atoms with Crippen molar-refractivity contribution in [1.82, 2.24) is 0 Å². The molecule has 8 nitrogen and oxygen atoms in total. The number of carbonyl (C=O) groups excluding carboxylic acids is 1. The highest BCUT2D eigenvalue weighted by Gasteiger charge is 2.44. The van der Waals surface area contributed by atoms with Gasteiger partial charge in [-0.1, -0.05) is 0 Å². The van der Waals surface area contributed by atoms with Gasteiger partial charge in [-0.3, -0.25) is 20.2 Å². The Balaban J connectivity index is 4.48. The second kappa shape index (κ2) is 4.70. The molecule has 0 aromatic carbocycles. The number of alkyl halides is 1. The van der Waals surface area contributed by atoms with Crippen molar-refractivity contribution in [3.63, 3.8) is 0 Å². The summed E-state index contributed by atoms with van der Waals surface area (Å²) >= 11 is 2.75. The van der Waals surface area contributed by atoms with Crippen LogP contribution in [0.1, 0.15) is 6.92 Å². The SMILES string of the molecule is CC(Br)OC(=O)C([N+](=O)[O-])[N+](=O)[O-]. The molecule has 0 fully saturated rings. The zero-order valence-electron chi connectivity index (χ0n) is 6.38. The molecule has 0 N–H and O–H groups in total. The van der Waals surface area contributed by atoms with E-state index in [4.69, 9.17) is 0 Å². The Labute approximate surface area is 80.3 Å². The van der Waals surface area contributed by atoms with Crippen LogP contribution < -0.4 is 0 Å². The number of hydrogen-bond acceptors (Lipinski definition) is 6. The minimum Gasteiger partial charge on any atom is -0.440 e. The number of rotatable bonds is 4. The lowest BCUT2D eigenvalue weighted by molar-refractivity contribution is -0.725. The molecule has 0 aromatic rings. The Morgan fingerprint density at radius 3 is 2.00 bits per heavy atom. The largest absolute Gasteiger partial charge is 0.545 e. The van der Waals surface area contributed by atoms with E-state index in [0.717, 1.165) is 0 Å². The molecule has 0 aliphatic carbocycles. The molecule has 0 radical (unpaired) electrons. The lowest BCUT2D eigenvalue weighted by atomic mass is 10.5. The van der Waals surface area contributed by atoms with Gasteiger partial charge in [0.05, 0.1) is 0 Å². The maximum atomic E-state index is 10.7. The molecule has 0 bridgehead atoms. The first kappa shape index (κ1) is 11.8. The fourth-order valence-corrected chi connectivity index (χ4v) is 0.654. The summed E-state index contributed by atoms with van der Waals surface area (Å²) in [5.74, 6) is -1.50. The van der Waals surface area contributed by atoms with Crippen molar-refractivity contribution in [2.75, 3.05) is 0 Å².